The van der Waals surface area contributed by atoms with E-state index in [2.05, 4.69) is 19.6 Å². The van der Waals surface area contributed by atoms with Crippen molar-refractivity contribution in [3.63, 3.8) is 0 Å². The van der Waals surface area contributed by atoms with Gasteiger partial charge in [0.25, 0.3) is 0 Å². The Bertz CT molecular complexity index is 1290. The van der Waals surface area contributed by atoms with Crippen LogP contribution < -0.4 is 9.47 Å². The highest BCUT2D eigenvalue weighted by Crippen LogP contribution is 2.48. The molecule has 1 atom stereocenters. The second kappa shape index (κ2) is 11.4. The molecule has 0 radical (unpaired) electrons. The fraction of sp³-hybridized carbons (Fsp3) is 0.207. The van der Waals surface area contributed by atoms with E-state index in [1.54, 1.807) is 18.2 Å². The van der Waals surface area contributed by atoms with Gasteiger partial charge in [-0.3, -0.25) is 0 Å². The Morgan fingerprint density at radius 3 is 2.28 bits per heavy atom. The third-order valence-electron chi connectivity index (χ3n) is 5.89. The normalized spacial score (nSPS) is 13.2. The Morgan fingerprint density at radius 1 is 0.806 bits per heavy atom. The Labute approximate surface area is 209 Å². The van der Waals surface area contributed by atoms with Crippen molar-refractivity contribution in [2.75, 3.05) is 13.2 Å². The van der Waals surface area contributed by atoms with Gasteiger partial charge in [0.1, 0.15) is 17.1 Å². The van der Waals surface area contributed by atoms with Gasteiger partial charge < -0.3 is 18.9 Å². The number of hydrogen-bond acceptors (Lipinski definition) is 7. The highest BCUT2D eigenvalue weighted by Gasteiger charge is 2.29. The molecule has 0 amide bonds. The smallest absolute Gasteiger partial charge is 0.463 e. The first-order valence-corrected chi connectivity index (χ1v) is 11.7. The van der Waals surface area contributed by atoms with Crippen molar-refractivity contribution in [3.05, 3.63) is 96.1 Å². The van der Waals surface area contributed by atoms with E-state index in [-0.39, 0.29) is 30.4 Å². The van der Waals surface area contributed by atoms with Crippen LogP contribution in [0.15, 0.2) is 79.4 Å². The molecule has 184 valence electrons. The van der Waals surface area contributed by atoms with Crippen molar-refractivity contribution in [2.45, 2.75) is 25.7 Å². The highest BCUT2D eigenvalue weighted by molar-refractivity contribution is 5.96. The summed E-state index contributed by atoms with van der Waals surface area (Å²) in [6, 6.07) is 20.0. The molecule has 0 aromatic heterocycles. The van der Waals surface area contributed by atoms with Crippen LogP contribution in [0, 0.1) is 0 Å². The van der Waals surface area contributed by atoms with Crippen LogP contribution in [0.4, 0.5) is 4.79 Å². The van der Waals surface area contributed by atoms with Gasteiger partial charge in [-0.2, -0.15) is 0 Å². The van der Waals surface area contributed by atoms with Crippen molar-refractivity contribution in [3.8, 4) is 22.6 Å². The molecule has 0 saturated heterocycles. The summed E-state index contributed by atoms with van der Waals surface area (Å²) >= 11 is 0. The lowest BCUT2D eigenvalue weighted by Gasteiger charge is -2.13. The van der Waals surface area contributed by atoms with Crippen LogP contribution >= 0.6 is 0 Å². The van der Waals surface area contributed by atoms with Gasteiger partial charge in [-0.25, -0.2) is 14.4 Å². The molecule has 1 aliphatic rings. The van der Waals surface area contributed by atoms with Crippen LogP contribution in [0.1, 0.15) is 47.2 Å². The van der Waals surface area contributed by atoms with Gasteiger partial charge >= 0.3 is 18.1 Å². The lowest BCUT2D eigenvalue weighted by atomic mass is 9.99. The first kappa shape index (κ1) is 24.7. The maximum atomic E-state index is 13.1. The fourth-order valence-electron chi connectivity index (χ4n) is 4.14. The van der Waals surface area contributed by atoms with Crippen molar-refractivity contribution in [1.29, 1.82) is 0 Å². The first-order valence-electron chi connectivity index (χ1n) is 11.7. The number of carbonyl (C=O) groups is 3. The van der Waals surface area contributed by atoms with Crippen LogP contribution in [0.5, 0.6) is 11.5 Å². The first-order chi connectivity index (χ1) is 17.5. The number of benzene rings is 3. The van der Waals surface area contributed by atoms with Gasteiger partial charge in [-0.05, 0) is 47.7 Å². The molecule has 0 aliphatic heterocycles. The third-order valence-corrected chi connectivity index (χ3v) is 5.89. The number of rotatable bonds is 9. The number of hydrogen-bond donors (Lipinski definition) is 0. The molecular weight excluding hydrogens is 460 g/mol. The van der Waals surface area contributed by atoms with Crippen LogP contribution in [0.3, 0.4) is 0 Å². The van der Waals surface area contributed by atoms with E-state index in [0.717, 1.165) is 22.8 Å². The average molecular weight is 487 g/mol. The van der Waals surface area contributed by atoms with E-state index in [0.29, 0.717) is 18.6 Å². The van der Waals surface area contributed by atoms with Gasteiger partial charge in [0.2, 0.25) is 0 Å². The van der Waals surface area contributed by atoms with Gasteiger partial charge in [0.05, 0.1) is 13.2 Å². The highest BCUT2D eigenvalue weighted by atomic mass is 16.7. The summed E-state index contributed by atoms with van der Waals surface area (Å²) in [4.78, 5) is 36.3. The molecule has 0 saturated carbocycles. The van der Waals surface area contributed by atoms with E-state index >= 15 is 0 Å². The van der Waals surface area contributed by atoms with E-state index in [4.69, 9.17) is 18.9 Å². The van der Waals surface area contributed by atoms with E-state index < -0.39 is 18.1 Å². The van der Waals surface area contributed by atoms with Gasteiger partial charge in [0.15, 0.2) is 0 Å². The van der Waals surface area contributed by atoms with E-state index in [1.807, 2.05) is 30.3 Å². The zero-order valence-electron chi connectivity index (χ0n) is 19.9. The maximum Gasteiger partial charge on any atom is 0.513 e. The standard InChI is InChI=1S/C29H26O7/c1-3-26(30)33-17-8-9-18-34-29(32)36-24-15-7-6-13-23(24)28(31)35-25-16-10-14-21-19(2)20-11-4-5-12-22(20)27(21)25/h3-7,10-16,19H,1,8-9,17-18H2,2H3. The quantitative estimate of drug-likeness (QED) is 0.119. The summed E-state index contributed by atoms with van der Waals surface area (Å²) in [5.74, 6) is -0.474. The summed E-state index contributed by atoms with van der Waals surface area (Å²) in [6.45, 7) is 5.71. The number of carbonyl (C=O) groups excluding carboxylic acids is 3. The number of esters is 2. The van der Waals surface area contributed by atoms with Crippen LogP contribution in [0.2, 0.25) is 0 Å². The predicted molar refractivity (Wildman–Crippen MR) is 133 cm³/mol. The zero-order valence-corrected chi connectivity index (χ0v) is 19.9. The molecule has 7 heteroatoms. The summed E-state index contributed by atoms with van der Waals surface area (Å²) in [6.07, 6.45) is 1.13. The van der Waals surface area contributed by atoms with E-state index in [1.165, 1.54) is 17.7 Å². The molecule has 4 rings (SSSR count). The minimum Gasteiger partial charge on any atom is -0.463 e. The summed E-state index contributed by atoms with van der Waals surface area (Å²) in [5, 5.41) is 0. The third kappa shape index (κ3) is 5.46. The molecule has 0 fully saturated rings. The molecule has 1 unspecified atom stereocenters. The molecule has 0 bridgehead atoms. The van der Waals surface area contributed by atoms with Crippen molar-refractivity contribution in [1.82, 2.24) is 0 Å². The second-order valence-electron chi connectivity index (χ2n) is 8.19. The molecule has 7 nitrogen and oxygen atoms in total. The van der Waals surface area contributed by atoms with Crippen molar-refractivity contribution in [2.24, 2.45) is 0 Å². The van der Waals surface area contributed by atoms with E-state index in [9.17, 15) is 14.4 Å². The molecule has 0 spiro atoms. The molecule has 0 N–H and O–H groups in total. The van der Waals surface area contributed by atoms with Crippen LogP contribution in [0.25, 0.3) is 11.1 Å². The largest absolute Gasteiger partial charge is 0.513 e. The Kier molecular flexibility index (Phi) is 7.80. The Morgan fingerprint density at radius 2 is 1.47 bits per heavy atom. The number of fused-ring (bicyclic) bond motifs is 3. The lowest BCUT2D eigenvalue weighted by Crippen LogP contribution is -2.16. The van der Waals surface area contributed by atoms with Gasteiger partial charge in [0, 0.05) is 17.6 Å². The van der Waals surface area contributed by atoms with Gasteiger partial charge in [-0.1, -0.05) is 62.0 Å². The summed E-state index contributed by atoms with van der Waals surface area (Å²) in [5.41, 5.74) is 4.30. The maximum absolute atomic E-state index is 13.1. The van der Waals surface area contributed by atoms with Crippen molar-refractivity contribution >= 4 is 18.1 Å². The number of para-hydroxylation sites is 1. The second-order valence-corrected chi connectivity index (χ2v) is 8.19. The molecule has 36 heavy (non-hydrogen) atoms. The fourth-order valence-corrected chi connectivity index (χ4v) is 4.14. The van der Waals surface area contributed by atoms with Crippen molar-refractivity contribution < 1.29 is 33.3 Å². The Balaban J connectivity index is 1.40. The SMILES string of the molecule is C=CC(=O)OCCCCOC(=O)Oc1ccccc1C(=O)Oc1cccc2c1-c1ccccc1C2C. The molecule has 3 aromatic rings. The number of unbranched alkanes of at least 4 members (excludes halogenated alkanes) is 1. The lowest BCUT2D eigenvalue weighted by molar-refractivity contribution is -0.137. The van der Waals surface area contributed by atoms with Crippen LogP contribution in [-0.4, -0.2) is 31.3 Å². The molecular formula is C29H26O7. The number of ether oxygens (including phenoxy) is 4. The molecule has 3 aromatic carbocycles. The average Bonchev–Trinajstić information content (AvgIpc) is 3.19. The predicted octanol–water partition coefficient (Wildman–Crippen LogP) is 6.06. The molecule has 1 aliphatic carbocycles. The summed E-state index contributed by atoms with van der Waals surface area (Å²) < 4.78 is 21.0. The topological polar surface area (TPSA) is 88.1 Å². The zero-order chi connectivity index (χ0) is 25.5. The monoisotopic (exact) mass is 486 g/mol. The molecule has 0 heterocycles. The minimum atomic E-state index is -0.943. The summed E-state index contributed by atoms with van der Waals surface area (Å²) in [7, 11) is 0. The minimum absolute atomic E-state index is 0.0359. The van der Waals surface area contributed by atoms with Gasteiger partial charge in [-0.15, -0.1) is 0 Å². The van der Waals surface area contributed by atoms with Crippen LogP contribution in [-0.2, 0) is 14.3 Å². The Hall–Kier alpha value is -4.39.